The summed E-state index contributed by atoms with van der Waals surface area (Å²) in [5.74, 6) is 0.163. The van der Waals surface area contributed by atoms with Crippen LogP contribution in [0, 0.1) is 0 Å². The fourth-order valence-electron chi connectivity index (χ4n) is 2.92. The molecule has 3 rings (SSSR count). The Balaban J connectivity index is 1.61. The molecule has 1 aromatic heterocycles. The summed E-state index contributed by atoms with van der Waals surface area (Å²) in [7, 11) is 0. The van der Waals surface area contributed by atoms with Gasteiger partial charge in [-0.2, -0.15) is 0 Å². The van der Waals surface area contributed by atoms with Gasteiger partial charge < -0.3 is 10.4 Å². The van der Waals surface area contributed by atoms with Crippen LogP contribution in [0.4, 0.5) is 0 Å². The van der Waals surface area contributed by atoms with Crippen molar-refractivity contribution in [1.82, 2.24) is 5.32 Å². The summed E-state index contributed by atoms with van der Waals surface area (Å²) in [5.41, 5.74) is 1.82. The molecular formula is C23H23NO3S. The maximum atomic E-state index is 12.7. The van der Waals surface area contributed by atoms with Crippen LogP contribution >= 0.6 is 11.3 Å². The SMILES string of the molecule is CC(C)(C(=O)NCCc1ccc(O)cc1)c1ccc(C(=O)c2cccs2)cc1. The van der Waals surface area contributed by atoms with Crippen LogP contribution in [0.15, 0.2) is 66.0 Å². The predicted molar refractivity (Wildman–Crippen MR) is 112 cm³/mol. The highest BCUT2D eigenvalue weighted by Gasteiger charge is 2.29. The number of phenols is 1. The van der Waals surface area contributed by atoms with Crippen molar-refractivity contribution in [3.63, 3.8) is 0 Å². The molecule has 0 radical (unpaired) electrons. The molecule has 0 spiro atoms. The van der Waals surface area contributed by atoms with Gasteiger partial charge in [-0.3, -0.25) is 9.59 Å². The van der Waals surface area contributed by atoms with Crippen LogP contribution in [0.3, 0.4) is 0 Å². The molecule has 0 fully saturated rings. The predicted octanol–water partition coefficient (Wildman–Crippen LogP) is 4.32. The molecule has 4 nitrogen and oxygen atoms in total. The van der Waals surface area contributed by atoms with Gasteiger partial charge in [-0.1, -0.05) is 42.5 Å². The van der Waals surface area contributed by atoms with Gasteiger partial charge in [-0.15, -0.1) is 11.3 Å². The highest BCUT2D eigenvalue weighted by molar-refractivity contribution is 7.12. The van der Waals surface area contributed by atoms with Crippen LogP contribution in [0.2, 0.25) is 0 Å². The molecule has 1 heterocycles. The molecule has 0 unspecified atom stereocenters. The van der Waals surface area contributed by atoms with E-state index < -0.39 is 5.41 Å². The highest BCUT2D eigenvalue weighted by Crippen LogP contribution is 2.25. The van der Waals surface area contributed by atoms with E-state index >= 15 is 0 Å². The first-order chi connectivity index (χ1) is 13.4. The number of carbonyl (C=O) groups is 2. The van der Waals surface area contributed by atoms with Crippen molar-refractivity contribution in [3.05, 3.63) is 87.6 Å². The number of aromatic hydroxyl groups is 1. The standard InChI is InChI=1S/C23H23NO3S/c1-23(2,22(27)24-14-13-16-5-11-19(25)12-6-16)18-9-7-17(8-10-18)21(26)20-4-3-15-28-20/h3-12,15,25H,13-14H2,1-2H3,(H,24,27). The van der Waals surface area contributed by atoms with Gasteiger partial charge in [-0.25, -0.2) is 0 Å². The molecule has 0 aliphatic rings. The first-order valence-electron chi connectivity index (χ1n) is 9.13. The molecule has 1 amide bonds. The molecule has 2 aromatic carbocycles. The molecular weight excluding hydrogens is 370 g/mol. The van der Waals surface area contributed by atoms with Crippen LogP contribution in [-0.4, -0.2) is 23.3 Å². The summed E-state index contributed by atoms with van der Waals surface area (Å²) in [6.07, 6.45) is 0.691. The average molecular weight is 394 g/mol. The third-order valence-corrected chi connectivity index (χ3v) is 5.69. The Morgan fingerprint density at radius 2 is 1.68 bits per heavy atom. The van der Waals surface area contributed by atoms with Crippen LogP contribution in [0.25, 0.3) is 0 Å². The number of hydrogen-bond donors (Lipinski definition) is 2. The lowest BCUT2D eigenvalue weighted by Crippen LogP contribution is -2.40. The van der Waals surface area contributed by atoms with E-state index in [1.807, 2.05) is 55.6 Å². The summed E-state index contributed by atoms with van der Waals surface area (Å²) in [6.45, 7) is 4.26. The summed E-state index contributed by atoms with van der Waals surface area (Å²) in [5, 5.41) is 14.2. The summed E-state index contributed by atoms with van der Waals surface area (Å²) in [6, 6.07) is 17.9. The van der Waals surface area contributed by atoms with Crippen molar-refractivity contribution < 1.29 is 14.7 Å². The first kappa shape index (κ1) is 19.8. The van der Waals surface area contributed by atoms with Crippen LogP contribution in [-0.2, 0) is 16.6 Å². The second-order valence-corrected chi connectivity index (χ2v) is 8.13. The highest BCUT2D eigenvalue weighted by atomic mass is 32.1. The lowest BCUT2D eigenvalue weighted by molar-refractivity contribution is -0.125. The van der Waals surface area contributed by atoms with Gasteiger partial charge in [0.15, 0.2) is 0 Å². The smallest absolute Gasteiger partial charge is 0.230 e. The zero-order valence-electron chi connectivity index (χ0n) is 15.9. The molecule has 0 atom stereocenters. The van der Waals surface area contributed by atoms with Gasteiger partial charge in [0.1, 0.15) is 5.75 Å². The number of amides is 1. The Bertz CT molecular complexity index is 943. The molecule has 0 saturated carbocycles. The fourth-order valence-corrected chi connectivity index (χ4v) is 3.61. The van der Waals surface area contributed by atoms with E-state index in [1.54, 1.807) is 24.3 Å². The second kappa shape index (κ2) is 8.40. The van der Waals surface area contributed by atoms with Crippen LogP contribution < -0.4 is 5.32 Å². The van der Waals surface area contributed by atoms with E-state index in [9.17, 15) is 14.7 Å². The third kappa shape index (κ3) is 4.49. The Hall–Kier alpha value is -2.92. The first-order valence-corrected chi connectivity index (χ1v) is 10.0. The van der Waals surface area contributed by atoms with Gasteiger partial charge in [0.2, 0.25) is 11.7 Å². The molecule has 0 aliphatic carbocycles. The minimum atomic E-state index is -0.709. The molecule has 5 heteroatoms. The van der Waals surface area contributed by atoms with Crippen molar-refractivity contribution in [3.8, 4) is 5.75 Å². The van der Waals surface area contributed by atoms with Crippen molar-refractivity contribution >= 4 is 23.0 Å². The molecule has 2 N–H and O–H groups in total. The number of benzene rings is 2. The van der Waals surface area contributed by atoms with Crippen molar-refractivity contribution in [2.75, 3.05) is 6.54 Å². The maximum absolute atomic E-state index is 12.7. The summed E-state index contributed by atoms with van der Waals surface area (Å²) in [4.78, 5) is 25.8. The minimum absolute atomic E-state index is 0.00212. The Kier molecular flexibility index (Phi) is 5.95. The van der Waals surface area contributed by atoms with Crippen molar-refractivity contribution in [2.24, 2.45) is 0 Å². The number of phenolic OH excluding ortho intramolecular Hbond substituents is 1. The van der Waals surface area contributed by atoms with E-state index in [-0.39, 0.29) is 17.4 Å². The number of nitrogens with one attached hydrogen (secondary N) is 1. The van der Waals surface area contributed by atoms with Crippen LogP contribution in [0.1, 0.15) is 40.2 Å². The van der Waals surface area contributed by atoms with Gasteiger partial charge in [-0.05, 0) is 55.0 Å². The fraction of sp³-hybridized carbons (Fsp3) is 0.217. The lowest BCUT2D eigenvalue weighted by atomic mass is 9.83. The van der Waals surface area contributed by atoms with Gasteiger partial charge in [0.05, 0.1) is 10.3 Å². The quantitative estimate of drug-likeness (QED) is 0.588. The molecule has 3 aromatic rings. The van der Waals surface area contributed by atoms with E-state index in [4.69, 9.17) is 0 Å². The number of thiophene rings is 1. The van der Waals surface area contributed by atoms with Gasteiger partial charge in [0.25, 0.3) is 0 Å². The number of ketones is 1. The van der Waals surface area contributed by atoms with Crippen molar-refractivity contribution in [2.45, 2.75) is 25.7 Å². The molecule has 144 valence electrons. The Morgan fingerprint density at radius 1 is 1.00 bits per heavy atom. The molecule has 28 heavy (non-hydrogen) atoms. The zero-order chi connectivity index (χ0) is 20.1. The maximum Gasteiger partial charge on any atom is 0.230 e. The van der Waals surface area contributed by atoms with Gasteiger partial charge >= 0.3 is 0 Å². The average Bonchev–Trinajstić information content (AvgIpc) is 3.23. The molecule has 0 aliphatic heterocycles. The van der Waals surface area contributed by atoms with E-state index in [0.717, 1.165) is 11.1 Å². The minimum Gasteiger partial charge on any atom is -0.508 e. The number of hydrogen-bond acceptors (Lipinski definition) is 4. The third-order valence-electron chi connectivity index (χ3n) is 4.82. The van der Waals surface area contributed by atoms with Gasteiger partial charge in [0, 0.05) is 12.1 Å². The second-order valence-electron chi connectivity index (χ2n) is 7.18. The normalized spacial score (nSPS) is 11.2. The van der Waals surface area contributed by atoms with E-state index in [1.165, 1.54) is 11.3 Å². The monoisotopic (exact) mass is 393 g/mol. The largest absolute Gasteiger partial charge is 0.508 e. The zero-order valence-corrected chi connectivity index (χ0v) is 16.8. The topological polar surface area (TPSA) is 66.4 Å². The lowest BCUT2D eigenvalue weighted by Gasteiger charge is -2.24. The van der Waals surface area contributed by atoms with E-state index in [2.05, 4.69) is 5.32 Å². The Morgan fingerprint density at radius 3 is 2.29 bits per heavy atom. The summed E-state index contributed by atoms with van der Waals surface area (Å²) >= 11 is 1.42. The molecule has 0 saturated heterocycles. The van der Waals surface area contributed by atoms with Crippen LogP contribution in [0.5, 0.6) is 5.75 Å². The van der Waals surface area contributed by atoms with E-state index in [0.29, 0.717) is 23.4 Å². The molecule has 0 bridgehead atoms. The number of carbonyl (C=O) groups excluding carboxylic acids is 2. The number of rotatable bonds is 7. The Labute approximate surface area is 168 Å². The van der Waals surface area contributed by atoms with Crippen molar-refractivity contribution in [1.29, 1.82) is 0 Å². The summed E-state index contributed by atoms with van der Waals surface area (Å²) < 4.78 is 0.